The van der Waals surface area contributed by atoms with Crippen LogP contribution in [0.25, 0.3) is 11.9 Å². The zero-order chi connectivity index (χ0) is 20.5. The van der Waals surface area contributed by atoms with E-state index in [1.54, 1.807) is 48.5 Å². The monoisotopic (exact) mass is 390 g/mol. The molecular weight excluding hydrogens is 368 g/mol. The molecule has 2 aromatic heterocycles. The summed E-state index contributed by atoms with van der Waals surface area (Å²) in [5.41, 5.74) is 1.69. The summed E-state index contributed by atoms with van der Waals surface area (Å²) in [5, 5.41) is 7.06. The van der Waals surface area contributed by atoms with Crippen LogP contribution in [0.1, 0.15) is 11.1 Å². The molecule has 0 spiro atoms. The van der Waals surface area contributed by atoms with E-state index < -0.39 is 0 Å². The summed E-state index contributed by atoms with van der Waals surface area (Å²) in [6.45, 7) is 4.36. The van der Waals surface area contributed by atoms with E-state index in [2.05, 4.69) is 22.0 Å². The Hall–Kier alpha value is -3.87. The van der Waals surface area contributed by atoms with Gasteiger partial charge in [0.25, 0.3) is 0 Å². The van der Waals surface area contributed by atoms with Gasteiger partial charge in [-0.25, -0.2) is 9.67 Å². The number of ether oxygens (including phenoxy) is 2. The van der Waals surface area contributed by atoms with Crippen LogP contribution in [-0.4, -0.2) is 34.4 Å². The molecule has 0 saturated heterocycles. The summed E-state index contributed by atoms with van der Waals surface area (Å²) in [6.07, 6.45) is 10.0. The Morgan fingerprint density at radius 2 is 2.14 bits per heavy atom. The molecule has 0 radical (unpaired) electrons. The second-order valence-electron chi connectivity index (χ2n) is 6.00. The minimum atomic E-state index is -0.216. The lowest BCUT2D eigenvalue weighted by atomic mass is 10.2. The number of benzene rings is 1. The number of methoxy groups -OCH3 is 1. The van der Waals surface area contributed by atoms with Crippen LogP contribution in [0.15, 0.2) is 73.7 Å². The van der Waals surface area contributed by atoms with E-state index in [0.717, 1.165) is 11.1 Å². The number of aromatic nitrogens is 3. The Balaban J connectivity index is 1.63. The first-order valence-corrected chi connectivity index (χ1v) is 9.03. The molecule has 0 aliphatic heterocycles. The maximum absolute atomic E-state index is 12.2. The lowest BCUT2D eigenvalue weighted by Crippen LogP contribution is -2.21. The van der Waals surface area contributed by atoms with E-state index in [1.807, 2.05) is 30.5 Å². The summed E-state index contributed by atoms with van der Waals surface area (Å²) in [5.74, 6) is 1.68. The number of rotatable bonds is 9. The van der Waals surface area contributed by atoms with Crippen LogP contribution in [0.3, 0.4) is 0 Å². The fourth-order valence-electron chi connectivity index (χ4n) is 2.64. The Morgan fingerprint density at radius 3 is 2.90 bits per heavy atom. The van der Waals surface area contributed by atoms with Crippen molar-refractivity contribution in [2.24, 2.45) is 0 Å². The van der Waals surface area contributed by atoms with Gasteiger partial charge in [0.2, 0.25) is 5.91 Å². The van der Waals surface area contributed by atoms with Gasteiger partial charge in [0.1, 0.15) is 6.61 Å². The maximum Gasteiger partial charge on any atom is 0.244 e. The summed E-state index contributed by atoms with van der Waals surface area (Å²) >= 11 is 0. The van der Waals surface area contributed by atoms with Gasteiger partial charge >= 0.3 is 0 Å². The third kappa shape index (κ3) is 5.32. The molecule has 7 heteroatoms. The number of carbonyl (C=O) groups excluding carboxylic acids is 1. The highest BCUT2D eigenvalue weighted by atomic mass is 16.5. The SMILES string of the molecule is C=CCOc1ccc(/C=C/C(=O)NCc2cccnc2-n2cccn2)cc1OC. The number of hydrogen-bond acceptors (Lipinski definition) is 5. The molecule has 0 bridgehead atoms. The third-order valence-electron chi connectivity index (χ3n) is 4.01. The highest BCUT2D eigenvalue weighted by Gasteiger charge is 2.07. The Bertz CT molecular complexity index is 997. The predicted octanol–water partition coefficient (Wildman–Crippen LogP) is 3.17. The van der Waals surface area contributed by atoms with E-state index in [-0.39, 0.29) is 5.91 Å². The van der Waals surface area contributed by atoms with Crippen molar-refractivity contribution in [2.45, 2.75) is 6.54 Å². The zero-order valence-corrected chi connectivity index (χ0v) is 16.1. The zero-order valence-electron chi connectivity index (χ0n) is 16.1. The van der Waals surface area contributed by atoms with Gasteiger partial charge in [-0.1, -0.05) is 24.8 Å². The molecule has 1 aromatic carbocycles. The number of nitrogens with one attached hydrogen (secondary N) is 1. The van der Waals surface area contributed by atoms with Crippen LogP contribution in [0.2, 0.25) is 0 Å². The highest BCUT2D eigenvalue weighted by Crippen LogP contribution is 2.28. The van der Waals surface area contributed by atoms with Crippen molar-refractivity contribution in [1.82, 2.24) is 20.1 Å². The smallest absolute Gasteiger partial charge is 0.244 e. The molecule has 7 nitrogen and oxygen atoms in total. The van der Waals surface area contributed by atoms with Crippen molar-refractivity contribution >= 4 is 12.0 Å². The normalized spacial score (nSPS) is 10.7. The fraction of sp³-hybridized carbons (Fsp3) is 0.136. The first kappa shape index (κ1) is 19.9. The molecule has 0 aliphatic carbocycles. The molecule has 29 heavy (non-hydrogen) atoms. The Labute approximate surface area is 169 Å². The van der Waals surface area contributed by atoms with E-state index in [1.165, 1.54) is 6.08 Å². The second-order valence-corrected chi connectivity index (χ2v) is 6.00. The van der Waals surface area contributed by atoms with Crippen molar-refractivity contribution in [3.05, 3.63) is 84.8 Å². The molecule has 1 N–H and O–H groups in total. The fourth-order valence-corrected chi connectivity index (χ4v) is 2.64. The van der Waals surface area contributed by atoms with Crippen molar-refractivity contribution in [3.8, 4) is 17.3 Å². The molecule has 3 rings (SSSR count). The van der Waals surface area contributed by atoms with Gasteiger partial charge in [0.05, 0.1) is 7.11 Å². The standard InChI is InChI=1S/C22H22N4O3/c1-3-14-29-19-9-7-17(15-20(19)28-2)8-10-21(27)24-16-18-6-4-11-23-22(18)26-13-5-12-25-26/h3-13,15H,1,14,16H2,2H3,(H,24,27)/b10-8+. The minimum Gasteiger partial charge on any atom is -0.493 e. The summed E-state index contributed by atoms with van der Waals surface area (Å²) in [4.78, 5) is 16.6. The first-order valence-electron chi connectivity index (χ1n) is 9.03. The first-order chi connectivity index (χ1) is 14.2. The predicted molar refractivity (Wildman–Crippen MR) is 111 cm³/mol. The van der Waals surface area contributed by atoms with Crippen molar-refractivity contribution in [1.29, 1.82) is 0 Å². The molecule has 0 fully saturated rings. The van der Waals surface area contributed by atoms with Crippen LogP contribution in [0.4, 0.5) is 0 Å². The van der Waals surface area contributed by atoms with Crippen LogP contribution in [0, 0.1) is 0 Å². The summed E-state index contributed by atoms with van der Waals surface area (Å²) in [6, 6.07) is 11.0. The molecule has 148 valence electrons. The molecule has 0 saturated carbocycles. The largest absolute Gasteiger partial charge is 0.493 e. The minimum absolute atomic E-state index is 0.216. The Morgan fingerprint density at radius 1 is 1.24 bits per heavy atom. The van der Waals surface area contributed by atoms with E-state index in [0.29, 0.717) is 30.5 Å². The van der Waals surface area contributed by atoms with E-state index in [4.69, 9.17) is 9.47 Å². The van der Waals surface area contributed by atoms with Gasteiger partial charge in [0.15, 0.2) is 17.3 Å². The van der Waals surface area contributed by atoms with Crippen molar-refractivity contribution in [3.63, 3.8) is 0 Å². The highest BCUT2D eigenvalue weighted by molar-refractivity contribution is 5.91. The molecule has 2 heterocycles. The number of pyridine rings is 1. The number of carbonyl (C=O) groups is 1. The van der Waals surface area contributed by atoms with Crippen LogP contribution < -0.4 is 14.8 Å². The average Bonchev–Trinajstić information content (AvgIpc) is 3.30. The topological polar surface area (TPSA) is 78.3 Å². The lowest BCUT2D eigenvalue weighted by molar-refractivity contribution is -0.116. The molecule has 1 amide bonds. The molecule has 0 unspecified atom stereocenters. The van der Waals surface area contributed by atoms with Crippen molar-refractivity contribution < 1.29 is 14.3 Å². The molecule has 0 aliphatic rings. The number of hydrogen-bond donors (Lipinski definition) is 1. The van der Waals surface area contributed by atoms with Gasteiger partial charge in [-0.3, -0.25) is 4.79 Å². The summed E-state index contributed by atoms with van der Waals surface area (Å²) in [7, 11) is 1.57. The van der Waals surface area contributed by atoms with Crippen molar-refractivity contribution in [2.75, 3.05) is 13.7 Å². The summed E-state index contributed by atoms with van der Waals surface area (Å²) < 4.78 is 12.5. The van der Waals surface area contributed by atoms with Gasteiger partial charge in [-0.05, 0) is 35.9 Å². The second kappa shape index (κ2) is 9.89. The molecule has 0 atom stereocenters. The number of amides is 1. The van der Waals surface area contributed by atoms with Gasteiger partial charge < -0.3 is 14.8 Å². The lowest BCUT2D eigenvalue weighted by Gasteiger charge is -2.10. The molecule has 3 aromatic rings. The Kier molecular flexibility index (Phi) is 6.78. The van der Waals surface area contributed by atoms with Gasteiger partial charge in [0, 0.05) is 36.8 Å². The average molecular weight is 390 g/mol. The van der Waals surface area contributed by atoms with Gasteiger partial charge in [-0.2, -0.15) is 5.10 Å². The number of nitrogens with zero attached hydrogens (tertiary/aromatic N) is 3. The quantitative estimate of drug-likeness (QED) is 0.449. The van der Waals surface area contributed by atoms with Crippen LogP contribution in [0.5, 0.6) is 11.5 Å². The van der Waals surface area contributed by atoms with Crippen LogP contribution >= 0.6 is 0 Å². The third-order valence-corrected chi connectivity index (χ3v) is 4.01. The maximum atomic E-state index is 12.2. The van der Waals surface area contributed by atoms with Gasteiger partial charge in [-0.15, -0.1) is 0 Å². The van der Waals surface area contributed by atoms with E-state index >= 15 is 0 Å². The van der Waals surface area contributed by atoms with Crippen LogP contribution in [-0.2, 0) is 11.3 Å². The molecular formula is C22H22N4O3. The van der Waals surface area contributed by atoms with E-state index in [9.17, 15) is 4.79 Å².